The number of thioether (sulfide) groups is 1. The molecule has 1 saturated heterocycles. The summed E-state index contributed by atoms with van der Waals surface area (Å²) in [6, 6.07) is 0. The van der Waals surface area contributed by atoms with E-state index in [-0.39, 0.29) is 5.97 Å². The number of rotatable bonds is 2. The van der Waals surface area contributed by atoms with Gasteiger partial charge in [0, 0.05) is 0 Å². The molecule has 1 fully saturated rings. The van der Waals surface area contributed by atoms with Gasteiger partial charge in [0.05, 0.1) is 12.8 Å². The number of nitrogens with zero attached hydrogens (tertiary/aromatic N) is 1. The molecule has 1 aliphatic heterocycles. The molecule has 82 valence electrons. The van der Waals surface area contributed by atoms with E-state index in [9.17, 15) is 4.79 Å². The van der Waals surface area contributed by atoms with Crippen LogP contribution in [0.5, 0.6) is 0 Å². The molecule has 15 heavy (non-hydrogen) atoms. The highest BCUT2D eigenvalue weighted by molar-refractivity contribution is 7.99. The molecule has 1 aliphatic rings. The first-order valence-electron chi connectivity index (χ1n) is 4.84. The zero-order chi connectivity index (χ0) is 10.7. The minimum Gasteiger partial charge on any atom is -0.468 e. The van der Waals surface area contributed by atoms with Crippen molar-refractivity contribution in [1.29, 1.82) is 0 Å². The second-order valence-corrected chi connectivity index (χ2v) is 4.78. The molecule has 0 saturated carbocycles. The molecule has 4 nitrogen and oxygen atoms in total. The molecule has 0 radical (unpaired) electrons. The van der Waals surface area contributed by atoms with E-state index < -0.39 is 5.41 Å². The summed E-state index contributed by atoms with van der Waals surface area (Å²) in [5.41, 5.74) is 0.127. The Labute approximate surface area is 92.4 Å². The van der Waals surface area contributed by atoms with E-state index in [1.165, 1.54) is 13.5 Å². The first-order valence-corrected chi connectivity index (χ1v) is 6.00. The number of oxazole rings is 1. The fourth-order valence-corrected chi connectivity index (χ4v) is 3.12. The first-order chi connectivity index (χ1) is 7.29. The zero-order valence-corrected chi connectivity index (χ0v) is 9.38. The maximum Gasteiger partial charge on any atom is 0.318 e. The molecule has 5 heteroatoms. The Balaban J connectivity index is 2.34. The molecule has 1 aromatic heterocycles. The number of methoxy groups -OCH3 is 1. The summed E-state index contributed by atoms with van der Waals surface area (Å²) < 4.78 is 9.85. The minimum atomic E-state index is -0.576. The van der Waals surface area contributed by atoms with Gasteiger partial charge in [0.2, 0.25) is 0 Å². The van der Waals surface area contributed by atoms with Crippen LogP contribution in [0, 0.1) is 0 Å². The number of hydrogen-bond donors (Lipinski definition) is 0. The monoisotopic (exact) mass is 227 g/mol. The van der Waals surface area contributed by atoms with Crippen molar-refractivity contribution in [1.82, 2.24) is 4.98 Å². The average Bonchev–Trinajstić information content (AvgIpc) is 2.83. The molecule has 0 aliphatic carbocycles. The molecule has 0 aromatic carbocycles. The van der Waals surface area contributed by atoms with E-state index in [1.807, 2.05) is 11.8 Å². The Kier molecular flexibility index (Phi) is 3.00. The second kappa shape index (κ2) is 4.26. The Morgan fingerprint density at radius 1 is 1.60 bits per heavy atom. The van der Waals surface area contributed by atoms with Crippen LogP contribution in [0.3, 0.4) is 0 Å². The minimum absolute atomic E-state index is 0.197. The summed E-state index contributed by atoms with van der Waals surface area (Å²) in [7, 11) is 1.42. The van der Waals surface area contributed by atoms with Gasteiger partial charge in [-0.2, -0.15) is 11.8 Å². The number of esters is 1. The van der Waals surface area contributed by atoms with Crippen molar-refractivity contribution >= 4 is 17.7 Å². The lowest BCUT2D eigenvalue weighted by Gasteiger charge is -2.32. The van der Waals surface area contributed by atoms with Gasteiger partial charge in [0.15, 0.2) is 6.39 Å². The van der Waals surface area contributed by atoms with E-state index >= 15 is 0 Å². The third-order valence-corrected chi connectivity index (χ3v) is 3.83. The highest BCUT2D eigenvalue weighted by Crippen LogP contribution is 2.38. The molecule has 2 heterocycles. The van der Waals surface area contributed by atoms with Gasteiger partial charge in [0.25, 0.3) is 0 Å². The van der Waals surface area contributed by atoms with E-state index in [4.69, 9.17) is 9.15 Å². The van der Waals surface area contributed by atoms with Crippen LogP contribution >= 0.6 is 11.8 Å². The molecule has 0 amide bonds. The van der Waals surface area contributed by atoms with Gasteiger partial charge in [-0.1, -0.05) is 0 Å². The zero-order valence-electron chi connectivity index (χ0n) is 8.56. The summed E-state index contributed by atoms with van der Waals surface area (Å²) in [5.74, 6) is 1.72. The van der Waals surface area contributed by atoms with Crippen molar-refractivity contribution in [2.75, 3.05) is 18.6 Å². The number of hydrogen-bond acceptors (Lipinski definition) is 5. The van der Waals surface area contributed by atoms with Gasteiger partial charge >= 0.3 is 5.97 Å². The third kappa shape index (κ3) is 1.76. The van der Waals surface area contributed by atoms with Gasteiger partial charge in [-0.3, -0.25) is 4.79 Å². The van der Waals surface area contributed by atoms with E-state index in [0.717, 1.165) is 24.3 Å². The van der Waals surface area contributed by atoms with Crippen molar-refractivity contribution in [3.05, 3.63) is 18.4 Å². The smallest absolute Gasteiger partial charge is 0.318 e. The summed E-state index contributed by atoms with van der Waals surface area (Å²) in [6.45, 7) is 0. The molecular formula is C10H13NO3S. The molecule has 0 atom stereocenters. The predicted molar refractivity (Wildman–Crippen MR) is 56.8 cm³/mol. The van der Waals surface area contributed by atoms with Crippen LogP contribution in [0.15, 0.2) is 17.1 Å². The maximum absolute atomic E-state index is 11.9. The Bertz CT molecular complexity index is 330. The normalized spacial score (nSPS) is 19.8. The van der Waals surface area contributed by atoms with Crippen LogP contribution in [0.2, 0.25) is 0 Å². The summed E-state index contributed by atoms with van der Waals surface area (Å²) in [6.07, 6.45) is 4.46. The third-order valence-electron chi connectivity index (χ3n) is 2.85. The standard InChI is InChI=1S/C10H13NO3S/c1-13-9(12)10(2-4-15-5-3-10)8-6-14-7-11-8/h6-7H,2-5H2,1H3. The average molecular weight is 227 g/mol. The molecular weight excluding hydrogens is 214 g/mol. The lowest BCUT2D eigenvalue weighted by atomic mass is 9.79. The van der Waals surface area contributed by atoms with Crippen LogP contribution in [0.4, 0.5) is 0 Å². The Morgan fingerprint density at radius 3 is 2.87 bits per heavy atom. The lowest BCUT2D eigenvalue weighted by molar-refractivity contribution is -0.148. The summed E-state index contributed by atoms with van der Waals surface area (Å²) >= 11 is 1.86. The molecule has 0 unspecified atom stereocenters. The van der Waals surface area contributed by atoms with Crippen molar-refractivity contribution < 1.29 is 13.9 Å². The van der Waals surface area contributed by atoms with Gasteiger partial charge in [-0.05, 0) is 24.3 Å². The summed E-state index contributed by atoms with van der Waals surface area (Å²) in [4.78, 5) is 16.0. The van der Waals surface area contributed by atoms with Crippen LogP contribution < -0.4 is 0 Å². The van der Waals surface area contributed by atoms with Crippen molar-refractivity contribution in [2.45, 2.75) is 18.3 Å². The van der Waals surface area contributed by atoms with E-state index in [1.54, 1.807) is 6.26 Å². The van der Waals surface area contributed by atoms with Gasteiger partial charge in [-0.25, -0.2) is 4.98 Å². The van der Waals surface area contributed by atoms with Crippen LogP contribution in [0.1, 0.15) is 18.5 Å². The number of carbonyl (C=O) groups is 1. The topological polar surface area (TPSA) is 52.3 Å². The number of ether oxygens (including phenoxy) is 1. The van der Waals surface area contributed by atoms with Gasteiger partial charge in [0.1, 0.15) is 11.7 Å². The predicted octanol–water partition coefficient (Wildman–Crippen LogP) is 1.61. The Morgan fingerprint density at radius 2 is 2.33 bits per heavy atom. The fourth-order valence-electron chi connectivity index (χ4n) is 1.93. The van der Waals surface area contributed by atoms with E-state index in [2.05, 4.69) is 4.98 Å². The van der Waals surface area contributed by atoms with Crippen LogP contribution in [-0.4, -0.2) is 29.6 Å². The largest absolute Gasteiger partial charge is 0.468 e. The summed E-state index contributed by atoms with van der Waals surface area (Å²) in [5, 5.41) is 0. The van der Waals surface area contributed by atoms with Crippen LogP contribution in [0.25, 0.3) is 0 Å². The van der Waals surface area contributed by atoms with Crippen LogP contribution in [-0.2, 0) is 14.9 Å². The van der Waals surface area contributed by atoms with E-state index in [0.29, 0.717) is 5.69 Å². The molecule has 0 spiro atoms. The highest BCUT2D eigenvalue weighted by Gasteiger charge is 2.44. The van der Waals surface area contributed by atoms with Crippen molar-refractivity contribution in [3.63, 3.8) is 0 Å². The van der Waals surface area contributed by atoms with Crippen molar-refractivity contribution in [3.8, 4) is 0 Å². The number of carbonyl (C=O) groups excluding carboxylic acids is 1. The fraction of sp³-hybridized carbons (Fsp3) is 0.600. The highest BCUT2D eigenvalue weighted by atomic mass is 32.2. The molecule has 2 rings (SSSR count). The Hall–Kier alpha value is -0.970. The second-order valence-electron chi connectivity index (χ2n) is 3.56. The van der Waals surface area contributed by atoms with Gasteiger partial charge < -0.3 is 9.15 Å². The maximum atomic E-state index is 11.9. The quantitative estimate of drug-likeness (QED) is 0.718. The van der Waals surface area contributed by atoms with Crippen molar-refractivity contribution in [2.24, 2.45) is 0 Å². The first kappa shape index (κ1) is 10.5. The SMILES string of the molecule is COC(=O)C1(c2cocn2)CCSCC1. The van der Waals surface area contributed by atoms with Gasteiger partial charge in [-0.15, -0.1) is 0 Å². The molecule has 0 N–H and O–H groups in total. The molecule has 1 aromatic rings. The molecule has 0 bridgehead atoms. The number of aromatic nitrogens is 1. The lowest BCUT2D eigenvalue weighted by Crippen LogP contribution is -2.40.